The highest BCUT2D eigenvalue weighted by atomic mass is 35.5. The molecule has 0 aliphatic carbocycles. The molecule has 1 aromatic carbocycles. The summed E-state index contributed by atoms with van der Waals surface area (Å²) in [5.74, 6) is -0.663. The van der Waals surface area contributed by atoms with E-state index in [2.05, 4.69) is 5.32 Å². The first-order chi connectivity index (χ1) is 11.0. The van der Waals surface area contributed by atoms with E-state index < -0.39 is 0 Å². The van der Waals surface area contributed by atoms with Crippen LogP contribution in [0.25, 0.3) is 6.08 Å². The molecular weight excluding hydrogens is 334 g/mol. The zero-order chi connectivity index (χ0) is 16.8. The fourth-order valence-electron chi connectivity index (χ4n) is 1.88. The predicted octanol–water partition coefficient (Wildman–Crippen LogP) is 4.54. The molecule has 0 saturated heterocycles. The number of esters is 1. The van der Waals surface area contributed by atoms with Crippen molar-refractivity contribution in [2.75, 3.05) is 11.9 Å². The summed E-state index contributed by atoms with van der Waals surface area (Å²) in [6.45, 7) is 3.87. The summed E-state index contributed by atoms with van der Waals surface area (Å²) in [5.41, 5.74) is 1.54. The van der Waals surface area contributed by atoms with Crippen LogP contribution in [0.1, 0.15) is 27.7 Å². The van der Waals surface area contributed by atoms with Gasteiger partial charge in [-0.15, -0.1) is 11.3 Å². The van der Waals surface area contributed by atoms with Crippen LogP contribution in [0.2, 0.25) is 5.02 Å². The highest BCUT2D eigenvalue weighted by Crippen LogP contribution is 2.27. The maximum Gasteiger partial charge on any atom is 0.348 e. The second-order valence-corrected chi connectivity index (χ2v) is 6.15. The van der Waals surface area contributed by atoms with Gasteiger partial charge < -0.3 is 10.1 Å². The second-order valence-electron chi connectivity index (χ2n) is 4.69. The molecule has 23 heavy (non-hydrogen) atoms. The number of amides is 1. The number of aryl methyl sites for hydroxylation is 1. The third-order valence-corrected chi connectivity index (χ3v) is 4.42. The third-order valence-electron chi connectivity index (χ3n) is 2.94. The van der Waals surface area contributed by atoms with Crippen molar-refractivity contribution in [3.05, 3.63) is 57.4 Å². The Morgan fingerprint density at radius 3 is 2.78 bits per heavy atom. The topological polar surface area (TPSA) is 55.4 Å². The molecule has 0 saturated carbocycles. The van der Waals surface area contributed by atoms with E-state index in [0.29, 0.717) is 21.5 Å². The van der Waals surface area contributed by atoms with Crippen LogP contribution in [-0.2, 0) is 9.53 Å². The maximum absolute atomic E-state index is 12.0. The Bertz CT molecular complexity index is 752. The SMILES string of the molecule is CCOC(=O)c1sc(NC(=O)C=Cc2ccccc2Cl)cc1C. The van der Waals surface area contributed by atoms with Crippen LogP contribution < -0.4 is 5.32 Å². The first-order valence-electron chi connectivity index (χ1n) is 7.02. The van der Waals surface area contributed by atoms with E-state index in [-0.39, 0.29) is 11.9 Å². The monoisotopic (exact) mass is 349 g/mol. The Morgan fingerprint density at radius 1 is 1.35 bits per heavy atom. The summed E-state index contributed by atoms with van der Waals surface area (Å²) < 4.78 is 4.98. The summed E-state index contributed by atoms with van der Waals surface area (Å²) >= 11 is 7.22. The Hall–Kier alpha value is -2.11. The summed E-state index contributed by atoms with van der Waals surface area (Å²) in [4.78, 5) is 24.2. The third kappa shape index (κ3) is 4.68. The van der Waals surface area contributed by atoms with Crippen molar-refractivity contribution in [3.8, 4) is 0 Å². The van der Waals surface area contributed by atoms with E-state index >= 15 is 0 Å². The first-order valence-corrected chi connectivity index (χ1v) is 8.22. The van der Waals surface area contributed by atoms with E-state index in [9.17, 15) is 9.59 Å². The normalized spacial score (nSPS) is 10.7. The Morgan fingerprint density at radius 2 is 2.09 bits per heavy atom. The van der Waals surface area contributed by atoms with Gasteiger partial charge in [-0.3, -0.25) is 4.79 Å². The van der Waals surface area contributed by atoms with Gasteiger partial charge in [0.2, 0.25) is 5.91 Å². The summed E-state index contributed by atoms with van der Waals surface area (Å²) in [5, 5.41) is 3.91. The molecule has 0 aliphatic rings. The summed E-state index contributed by atoms with van der Waals surface area (Å²) in [6.07, 6.45) is 3.05. The molecule has 0 aliphatic heterocycles. The fourth-order valence-corrected chi connectivity index (χ4v) is 3.05. The smallest absolute Gasteiger partial charge is 0.348 e. The Balaban J connectivity index is 2.05. The number of benzene rings is 1. The van der Waals surface area contributed by atoms with Gasteiger partial charge in [-0.2, -0.15) is 0 Å². The summed E-state index contributed by atoms with van der Waals surface area (Å²) in [7, 11) is 0. The van der Waals surface area contributed by atoms with Gasteiger partial charge in [0.1, 0.15) is 4.88 Å². The van der Waals surface area contributed by atoms with Crippen molar-refractivity contribution >= 4 is 45.9 Å². The lowest BCUT2D eigenvalue weighted by Crippen LogP contribution is -2.06. The number of nitrogens with one attached hydrogen (secondary N) is 1. The Kier molecular flexibility index (Phi) is 5.96. The highest BCUT2D eigenvalue weighted by molar-refractivity contribution is 7.18. The van der Waals surface area contributed by atoms with Crippen molar-refractivity contribution in [1.82, 2.24) is 0 Å². The van der Waals surface area contributed by atoms with Crippen molar-refractivity contribution in [1.29, 1.82) is 0 Å². The summed E-state index contributed by atoms with van der Waals surface area (Å²) in [6, 6.07) is 8.99. The zero-order valence-corrected chi connectivity index (χ0v) is 14.3. The molecule has 0 fully saturated rings. The van der Waals surface area contributed by atoms with Crippen molar-refractivity contribution in [2.45, 2.75) is 13.8 Å². The number of hydrogen-bond donors (Lipinski definition) is 1. The molecule has 2 aromatic rings. The number of thiophene rings is 1. The van der Waals surface area contributed by atoms with Gasteiger partial charge in [-0.25, -0.2) is 4.79 Å². The van der Waals surface area contributed by atoms with Gasteiger partial charge in [-0.05, 0) is 43.2 Å². The minimum Gasteiger partial charge on any atom is -0.462 e. The average molecular weight is 350 g/mol. The average Bonchev–Trinajstić information content (AvgIpc) is 2.87. The number of carbonyl (C=O) groups excluding carboxylic acids is 2. The molecule has 2 rings (SSSR count). The minimum absolute atomic E-state index is 0.290. The molecule has 1 heterocycles. The molecule has 0 atom stereocenters. The van der Waals surface area contributed by atoms with Crippen LogP contribution in [0.15, 0.2) is 36.4 Å². The fraction of sp³-hybridized carbons (Fsp3) is 0.176. The van der Waals surface area contributed by atoms with Gasteiger partial charge in [-0.1, -0.05) is 29.8 Å². The molecular formula is C17H16ClNO3S. The molecule has 120 valence electrons. The van der Waals surface area contributed by atoms with Gasteiger partial charge in [0.15, 0.2) is 0 Å². The lowest BCUT2D eigenvalue weighted by molar-refractivity contribution is -0.111. The number of ether oxygens (including phenoxy) is 1. The molecule has 0 radical (unpaired) electrons. The van der Waals surface area contributed by atoms with Crippen molar-refractivity contribution in [2.24, 2.45) is 0 Å². The molecule has 6 heteroatoms. The molecule has 0 unspecified atom stereocenters. The van der Waals surface area contributed by atoms with E-state index in [1.54, 1.807) is 32.1 Å². The lowest BCUT2D eigenvalue weighted by Gasteiger charge is -1.99. The molecule has 4 nitrogen and oxygen atoms in total. The molecule has 1 aromatic heterocycles. The zero-order valence-electron chi connectivity index (χ0n) is 12.8. The van der Waals surface area contributed by atoms with Crippen LogP contribution in [-0.4, -0.2) is 18.5 Å². The molecule has 0 bridgehead atoms. The number of rotatable bonds is 5. The van der Waals surface area contributed by atoms with E-state index in [1.165, 1.54) is 17.4 Å². The van der Waals surface area contributed by atoms with E-state index in [4.69, 9.17) is 16.3 Å². The number of hydrogen-bond acceptors (Lipinski definition) is 4. The molecule has 0 spiro atoms. The van der Waals surface area contributed by atoms with Crippen LogP contribution in [0.3, 0.4) is 0 Å². The van der Waals surface area contributed by atoms with Crippen molar-refractivity contribution < 1.29 is 14.3 Å². The van der Waals surface area contributed by atoms with Gasteiger partial charge >= 0.3 is 5.97 Å². The van der Waals surface area contributed by atoms with Crippen molar-refractivity contribution in [3.63, 3.8) is 0 Å². The number of halogens is 1. The van der Waals surface area contributed by atoms with Crippen LogP contribution in [0.5, 0.6) is 0 Å². The van der Waals surface area contributed by atoms with Gasteiger partial charge in [0.05, 0.1) is 11.6 Å². The number of anilines is 1. The van der Waals surface area contributed by atoms with E-state index in [0.717, 1.165) is 11.1 Å². The largest absolute Gasteiger partial charge is 0.462 e. The minimum atomic E-state index is -0.373. The molecule has 1 amide bonds. The standard InChI is InChI=1S/C17H16ClNO3S/c1-3-22-17(21)16-11(2)10-15(23-16)19-14(20)9-8-12-6-4-5-7-13(12)18/h4-10H,3H2,1-2H3,(H,19,20). The van der Waals surface area contributed by atoms with Crippen LogP contribution in [0, 0.1) is 6.92 Å². The lowest BCUT2D eigenvalue weighted by atomic mass is 10.2. The van der Waals surface area contributed by atoms with Gasteiger partial charge in [0, 0.05) is 11.1 Å². The van der Waals surface area contributed by atoms with E-state index in [1.807, 2.05) is 18.2 Å². The predicted molar refractivity (Wildman–Crippen MR) is 94.1 cm³/mol. The first kappa shape index (κ1) is 17.2. The molecule has 1 N–H and O–H groups in total. The van der Waals surface area contributed by atoms with Crippen LogP contribution >= 0.6 is 22.9 Å². The van der Waals surface area contributed by atoms with Gasteiger partial charge in [0.25, 0.3) is 0 Å². The highest BCUT2D eigenvalue weighted by Gasteiger charge is 2.15. The number of carbonyl (C=O) groups is 2. The second kappa shape index (κ2) is 7.94. The Labute approximate surface area is 143 Å². The maximum atomic E-state index is 12.0. The van der Waals surface area contributed by atoms with Crippen LogP contribution in [0.4, 0.5) is 5.00 Å². The quantitative estimate of drug-likeness (QED) is 0.637.